The maximum Gasteiger partial charge on any atom is 0.323 e. The van der Waals surface area contributed by atoms with Crippen molar-refractivity contribution in [2.45, 2.75) is 18.9 Å². The van der Waals surface area contributed by atoms with Crippen LogP contribution < -0.4 is 20.4 Å². The third kappa shape index (κ3) is 7.67. The highest BCUT2D eigenvalue weighted by molar-refractivity contribution is 6.01. The van der Waals surface area contributed by atoms with Crippen molar-refractivity contribution in [3.63, 3.8) is 0 Å². The van der Waals surface area contributed by atoms with Gasteiger partial charge in [0.1, 0.15) is 0 Å². The molecular formula is C32H41N9O4. The molecule has 3 aliphatic rings. The Balaban J connectivity index is 1.10. The molecule has 3 aromatic rings. The fourth-order valence-corrected chi connectivity index (χ4v) is 5.79. The van der Waals surface area contributed by atoms with E-state index in [1.165, 1.54) is 0 Å². The van der Waals surface area contributed by atoms with Gasteiger partial charge in [0.2, 0.25) is 11.9 Å². The molecule has 2 N–H and O–H groups in total. The minimum atomic E-state index is -0.400. The van der Waals surface area contributed by atoms with Crippen molar-refractivity contribution in [1.82, 2.24) is 24.8 Å². The van der Waals surface area contributed by atoms with Gasteiger partial charge in [-0.1, -0.05) is 6.07 Å². The van der Waals surface area contributed by atoms with Gasteiger partial charge in [-0.3, -0.25) is 4.79 Å². The van der Waals surface area contributed by atoms with Crippen LogP contribution in [0.2, 0.25) is 0 Å². The van der Waals surface area contributed by atoms with Crippen LogP contribution in [0.25, 0.3) is 11.4 Å². The lowest BCUT2D eigenvalue weighted by molar-refractivity contribution is 0.0663. The number of anilines is 4. The second kappa shape index (κ2) is 14.2. The lowest BCUT2D eigenvalue weighted by atomic mass is 10.0. The number of morpholine rings is 2. The second-order valence-electron chi connectivity index (χ2n) is 11.7. The number of hydrogen-bond donors (Lipinski definition) is 2. The van der Waals surface area contributed by atoms with Crippen LogP contribution in [-0.2, 0) is 9.47 Å². The molecule has 13 nitrogen and oxygen atoms in total. The quantitative estimate of drug-likeness (QED) is 0.409. The minimum Gasteiger partial charge on any atom is -0.378 e. The predicted molar refractivity (Wildman–Crippen MR) is 173 cm³/mol. The number of nitrogens with zero attached hydrogens (tertiary/aromatic N) is 7. The SMILES string of the molecule is CN(C)C1CCN(C(=O)c2cccc(NC(=O)Nc3ccc(-c4nc(N5CCOCC5)nc(N5CCOCC5)n4)cc3)c2)CC1. The molecule has 2 aromatic carbocycles. The summed E-state index contributed by atoms with van der Waals surface area (Å²) < 4.78 is 11.0. The number of benzene rings is 2. The van der Waals surface area contributed by atoms with E-state index in [9.17, 15) is 9.59 Å². The van der Waals surface area contributed by atoms with Gasteiger partial charge in [-0.25, -0.2) is 4.79 Å². The van der Waals surface area contributed by atoms with Gasteiger partial charge in [-0.15, -0.1) is 0 Å². The maximum atomic E-state index is 13.1. The van der Waals surface area contributed by atoms with Crippen LogP contribution in [-0.4, -0.2) is 123 Å². The Kier molecular flexibility index (Phi) is 9.67. The van der Waals surface area contributed by atoms with E-state index >= 15 is 0 Å². The first-order valence-corrected chi connectivity index (χ1v) is 15.6. The van der Waals surface area contributed by atoms with Crippen molar-refractivity contribution in [3.05, 3.63) is 54.1 Å². The molecule has 3 aliphatic heterocycles. The summed E-state index contributed by atoms with van der Waals surface area (Å²) >= 11 is 0. The molecule has 0 atom stereocenters. The van der Waals surface area contributed by atoms with Gasteiger partial charge in [0.25, 0.3) is 5.91 Å². The van der Waals surface area contributed by atoms with E-state index in [2.05, 4.69) is 39.4 Å². The molecule has 4 heterocycles. The zero-order valence-electron chi connectivity index (χ0n) is 25.9. The monoisotopic (exact) mass is 615 g/mol. The lowest BCUT2D eigenvalue weighted by Crippen LogP contribution is -2.44. The number of urea groups is 1. The molecule has 0 unspecified atom stereocenters. The molecule has 238 valence electrons. The summed E-state index contributed by atoms with van der Waals surface area (Å²) in [5.74, 6) is 1.81. The molecule has 0 saturated carbocycles. The highest BCUT2D eigenvalue weighted by Crippen LogP contribution is 2.25. The summed E-state index contributed by atoms with van der Waals surface area (Å²) in [6.45, 7) is 6.85. The second-order valence-corrected chi connectivity index (χ2v) is 11.7. The van der Waals surface area contributed by atoms with Gasteiger partial charge in [-0.2, -0.15) is 15.0 Å². The third-order valence-corrected chi connectivity index (χ3v) is 8.45. The normalized spacial score (nSPS) is 17.8. The molecule has 45 heavy (non-hydrogen) atoms. The molecule has 3 saturated heterocycles. The maximum absolute atomic E-state index is 13.1. The Labute approximate surface area is 263 Å². The molecule has 0 aliphatic carbocycles. The summed E-state index contributed by atoms with van der Waals surface area (Å²) in [5, 5.41) is 5.73. The fraction of sp³-hybridized carbons (Fsp3) is 0.469. The first kappa shape index (κ1) is 30.7. The van der Waals surface area contributed by atoms with Crippen LogP contribution >= 0.6 is 0 Å². The van der Waals surface area contributed by atoms with E-state index in [1.54, 1.807) is 24.3 Å². The molecular weight excluding hydrogens is 574 g/mol. The third-order valence-electron chi connectivity index (χ3n) is 8.45. The summed E-state index contributed by atoms with van der Waals surface area (Å²) in [6, 6.07) is 14.6. The molecule has 3 fully saturated rings. The number of amides is 3. The average molecular weight is 616 g/mol. The van der Waals surface area contributed by atoms with Crippen molar-refractivity contribution in [1.29, 1.82) is 0 Å². The molecule has 1 aromatic heterocycles. The topological polar surface area (TPSA) is 128 Å². The van der Waals surface area contributed by atoms with Gasteiger partial charge in [-0.05, 0) is 69.4 Å². The largest absolute Gasteiger partial charge is 0.378 e. The molecule has 0 bridgehead atoms. The average Bonchev–Trinajstić information content (AvgIpc) is 3.09. The molecule has 0 radical (unpaired) electrons. The first-order valence-electron chi connectivity index (χ1n) is 15.6. The van der Waals surface area contributed by atoms with Crippen molar-refractivity contribution in [2.24, 2.45) is 0 Å². The van der Waals surface area contributed by atoms with E-state index in [0.29, 0.717) is 67.1 Å². The van der Waals surface area contributed by atoms with Crippen molar-refractivity contribution in [3.8, 4) is 11.4 Å². The van der Waals surface area contributed by atoms with Crippen LogP contribution in [0.1, 0.15) is 23.2 Å². The van der Waals surface area contributed by atoms with Crippen LogP contribution in [0.3, 0.4) is 0 Å². The first-order chi connectivity index (χ1) is 21.9. The highest BCUT2D eigenvalue weighted by atomic mass is 16.5. The number of hydrogen-bond acceptors (Lipinski definition) is 10. The van der Waals surface area contributed by atoms with Gasteiger partial charge >= 0.3 is 6.03 Å². The number of nitrogens with one attached hydrogen (secondary N) is 2. The Hall–Kier alpha value is -4.33. The van der Waals surface area contributed by atoms with E-state index in [4.69, 9.17) is 24.4 Å². The lowest BCUT2D eigenvalue weighted by Gasteiger charge is -2.35. The van der Waals surface area contributed by atoms with Crippen LogP contribution in [0.4, 0.5) is 28.1 Å². The Bertz CT molecular complexity index is 1430. The van der Waals surface area contributed by atoms with E-state index in [-0.39, 0.29) is 5.91 Å². The van der Waals surface area contributed by atoms with Crippen LogP contribution in [0.15, 0.2) is 48.5 Å². The van der Waals surface area contributed by atoms with Gasteiger partial charge in [0.05, 0.1) is 26.4 Å². The number of rotatable bonds is 7. The van der Waals surface area contributed by atoms with Gasteiger partial charge < -0.3 is 39.7 Å². The number of carbonyl (C=O) groups is 2. The summed E-state index contributed by atoms with van der Waals surface area (Å²) in [7, 11) is 4.16. The molecule has 3 amide bonds. The Morgan fingerprint density at radius 1 is 0.756 bits per heavy atom. The smallest absolute Gasteiger partial charge is 0.323 e. The van der Waals surface area contributed by atoms with E-state index in [0.717, 1.165) is 57.7 Å². The van der Waals surface area contributed by atoms with Crippen molar-refractivity contribution in [2.75, 3.05) is 100 Å². The van der Waals surface area contributed by atoms with Gasteiger partial charge in [0.15, 0.2) is 5.82 Å². The van der Waals surface area contributed by atoms with Gasteiger partial charge in [0, 0.05) is 67.8 Å². The molecule has 6 rings (SSSR count). The Morgan fingerprint density at radius 3 is 1.91 bits per heavy atom. The van der Waals surface area contributed by atoms with Crippen LogP contribution in [0, 0.1) is 0 Å². The number of piperidine rings is 1. The number of aromatic nitrogens is 3. The molecule has 0 spiro atoms. The van der Waals surface area contributed by atoms with E-state index < -0.39 is 6.03 Å². The van der Waals surface area contributed by atoms with Crippen molar-refractivity contribution >= 4 is 35.2 Å². The zero-order valence-corrected chi connectivity index (χ0v) is 25.9. The fourth-order valence-electron chi connectivity index (χ4n) is 5.79. The number of carbonyl (C=O) groups excluding carboxylic acids is 2. The minimum absolute atomic E-state index is 0.0151. The highest BCUT2D eigenvalue weighted by Gasteiger charge is 2.25. The number of likely N-dealkylation sites (tertiary alicyclic amines) is 1. The summed E-state index contributed by atoms with van der Waals surface area (Å²) in [5.41, 5.74) is 2.54. The molecule has 13 heteroatoms. The van der Waals surface area contributed by atoms with Crippen LogP contribution in [0.5, 0.6) is 0 Å². The standard InChI is InChI=1S/C32H41N9O4/c1-38(2)27-10-12-39(13-11-27)29(42)24-4-3-5-26(22-24)34-32(43)33-25-8-6-23(7-9-25)28-35-30(40-14-18-44-19-15-40)37-31(36-28)41-16-20-45-21-17-41/h3-9,22,27H,10-21H2,1-2H3,(H2,33,34,43). The van der Waals surface area contributed by atoms with E-state index in [1.807, 2.05) is 29.2 Å². The summed E-state index contributed by atoms with van der Waals surface area (Å²) in [6.07, 6.45) is 1.91. The summed E-state index contributed by atoms with van der Waals surface area (Å²) in [4.78, 5) is 48.7. The predicted octanol–water partition coefficient (Wildman–Crippen LogP) is 3.02. The van der Waals surface area contributed by atoms with Crippen molar-refractivity contribution < 1.29 is 19.1 Å². The number of ether oxygens (including phenoxy) is 2. The Morgan fingerprint density at radius 2 is 1.33 bits per heavy atom. The zero-order chi connectivity index (χ0) is 31.2.